The number of ether oxygens (including phenoxy) is 1. The standard InChI is InChI=1S/C13H18O5S/c1-4-12(13(14)15)19(16,17)8-10-7-9(2)5-6-11(10)18-3/h5-7,12H,4,8H2,1-3H3,(H,14,15). The zero-order valence-electron chi connectivity index (χ0n) is 11.2. The van der Waals surface area contributed by atoms with E-state index in [1.807, 2.05) is 13.0 Å². The van der Waals surface area contributed by atoms with Gasteiger partial charge in [0.15, 0.2) is 15.1 Å². The van der Waals surface area contributed by atoms with E-state index in [0.717, 1.165) is 5.56 Å². The molecule has 0 aromatic heterocycles. The number of aryl methyl sites for hydroxylation is 1. The van der Waals surface area contributed by atoms with Gasteiger partial charge in [-0.3, -0.25) is 4.79 Å². The van der Waals surface area contributed by atoms with Gasteiger partial charge in [0.25, 0.3) is 0 Å². The van der Waals surface area contributed by atoms with E-state index in [-0.39, 0.29) is 12.2 Å². The Kier molecular flexibility index (Phi) is 4.94. The van der Waals surface area contributed by atoms with Crippen LogP contribution >= 0.6 is 0 Å². The van der Waals surface area contributed by atoms with Crippen LogP contribution < -0.4 is 4.74 Å². The molecule has 106 valence electrons. The first-order valence-electron chi connectivity index (χ1n) is 5.89. The topological polar surface area (TPSA) is 80.7 Å². The molecule has 0 aliphatic rings. The van der Waals surface area contributed by atoms with E-state index in [9.17, 15) is 13.2 Å². The molecule has 1 aromatic carbocycles. The van der Waals surface area contributed by atoms with E-state index in [4.69, 9.17) is 9.84 Å². The Morgan fingerprint density at radius 2 is 2.05 bits per heavy atom. The maximum atomic E-state index is 12.1. The first kappa shape index (κ1) is 15.5. The summed E-state index contributed by atoms with van der Waals surface area (Å²) in [6.07, 6.45) is 0.0474. The minimum atomic E-state index is -3.75. The number of methoxy groups -OCH3 is 1. The van der Waals surface area contributed by atoms with Gasteiger partial charge < -0.3 is 9.84 Å². The van der Waals surface area contributed by atoms with Gasteiger partial charge in [0, 0.05) is 5.56 Å². The molecule has 0 bridgehead atoms. The first-order valence-corrected chi connectivity index (χ1v) is 7.61. The third-order valence-electron chi connectivity index (χ3n) is 2.87. The molecule has 6 heteroatoms. The number of aliphatic carboxylic acids is 1. The minimum Gasteiger partial charge on any atom is -0.496 e. The van der Waals surface area contributed by atoms with Crippen LogP contribution in [0.5, 0.6) is 5.75 Å². The lowest BCUT2D eigenvalue weighted by molar-refractivity contribution is -0.136. The Hall–Kier alpha value is -1.56. The fourth-order valence-electron chi connectivity index (χ4n) is 1.92. The molecule has 5 nitrogen and oxygen atoms in total. The molecule has 0 saturated heterocycles. The van der Waals surface area contributed by atoms with Crippen LogP contribution in [0.15, 0.2) is 18.2 Å². The fraction of sp³-hybridized carbons (Fsp3) is 0.462. The lowest BCUT2D eigenvalue weighted by atomic mass is 10.1. The summed E-state index contributed by atoms with van der Waals surface area (Å²) in [6, 6.07) is 5.19. The molecular weight excluding hydrogens is 268 g/mol. The van der Waals surface area contributed by atoms with E-state index in [2.05, 4.69) is 0 Å². The predicted octanol–water partition coefficient (Wildman–Crippen LogP) is 1.78. The molecule has 0 amide bonds. The summed E-state index contributed by atoms with van der Waals surface area (Å²) in [7, 11) is -2.30. The van der Waals surface area contributed by atoms with Crippen LogP contribution in [-0.2, 0) is 20.4 Å². The average molecular weight is 286 g/mol. The summed E-state index contributed by atoms with van der Waals surface area (Å²) in [5, 5.41) is 7.58. The number of carbonyl (C=O) groups is 1. The molecule has 0 saturated carbocycles. The van der Waals surface area contributed by atoms with Crippen molar-refractivity contribution in [2.45, 2.75) is 31.3 Å². The zero-order valence-corrected chi connectivity index (χ0v) is 12.0. The molecule has 19 heavy (non-hydrogen) atoms. The number of carboxylic acids is 1. The van der Waals surface area contributed by atoms with Gasteiger partial charge in [-0.25, -0.2) is 8.42 Å². The van der Waals surface area contributed by atoms with Gasteiger partial charge in [0.2, 0.25) is 0 Å². The first-order chi connectivity index (χ1) is 8.81. The number of sulfone groups is 1. The number of rotatable bonds is 6. The SMILES string of the molecule is CCC(C(=O)O)S(=O)(=O)Cc1cc(C)ccc1OC. The molecular formula is C13H18O5S. The van der Waals surface area contributed by atoms with E-state index < -0.39 is 21.1 Å². The van der Waals surface area contributed by atoms with Gasteiger partial charge in [-0.15, -0.1) is 0 Å². The number of carboxylic acid groups (broad SMARTS) is 1. The minimum absolute atomic E-state index is 0.0474. The van der Waals surface area contributed by atoms with E-state index in [1.54, 1.807) is 19.1 Å². The molecule has 0 aliphatic carbocycles. The van der Waals surface area contributed by atoms with E-state index in [0.29, 0.717) is 11.3 Å². The zero-order chi connectivity index (χ0) is 14.6. The smallest absolute Gasteiger partial charge is 0.321 e. The Morgan fingerprint density at radius 1 is 1.42 bits per heavy atom. The highest BCUT2D eigenvalue weighted by atomic mass is 32.2. The molecule has 1 N–H and O–H groups in total. The van der Waals surface area contributed by atoms with E-state index >= 15 is 0 Å². The molecule has 0 aliphatic heterocycles. The van der Waals surface area contributed by atoms with Crippen molar-refractivity contribution in [3.8, 4) is 5.75 Å². The van der Waals surface area contributed by atoms with Crippen molar-refractivity contribution >= 4 is 15.8 Å². The second-order valence-electron chi connectivity index (χ2n) is 4.36. The third-order valence-corrected chi connectivity index (χ3v) is 4.99. The van der Waals surface area contributed by atoms with Gasteiger partial charge in [-0.2, -0.15) is 0 Å². The monoisotopic (exact) mass is 286 g/mol. The van der Waals surface area contributed by atoms with Crippen LogP contribution in [0.25, 0.3) is 0 Å². The van der Waals surface area contributed by atoms with Crippen LogP contribution in [0, 0.1) is 6.92 Å². The van der Waals surface area contributed by atoms with Gasteiger partial charge >= 0.3 is 5.97 Å². The highest BCUT2D eigenvalue weighted by Gasteiger charge is 2.31. The molecule has 1 rings (SSSR count). The molecule has 0 spiro atoms. The average Bonchev–Trinajstić information content (AvgIpc) is 2.28. The summed E-state index contributed by atoms with van der Waals surface area (Å²) in [5.41, 5.74) is 1.39. The summed E-state index contributed by atoms with van der Waals surface area (Å²) >= 11 is 0. The number of hydrogen-bond acceptors (Lipinski definition) is 4. The van der Waals surface area contributed by atoms with Gasteiger partial charge in [-0.05, 0) is 19.4 Å². The summed E-state index contributed by atoms with van der Waals surface area (Å²) < 4.78 is 29.3. The molecule has 1 unspecified atom stereocenters. The maximum absolute atomic E-state index is 12.1. The Morgan fingerprint density at radius 3 is 2.53 bits per heavy atom. The van der Waals surface area contributed by atoms with Crippen LogP contribution in [0.4, 0.5) is 0 Å². The summed E-state index contributed by atoms with van der Waals surface area (Å²) in [5.74, 6) is -1.19. The summed E-state index contributed by atoms with van der Waals surface area (Å²) in [4.78, 5) is 11.0. The van der Waals surface area contributed by atoms with Crippen molar-refractivity contribution in [2.24, 2.45) is 0 Å². The van der Waals surface area contributed by atoms with Gasteiger partial charge in [-0.1, -0.05) is 24.6 Å². The largest absolute Gasteiger partial charge is 0.496 e. The Labute approximate surface area is 113 Å². The summed E-state index contributed by atoms with van der Waals surface area (Å²) in [6.45, 7) is 3.38. The fourth-order valence-corrected chi connectivity index (χ4v) is 3.60. The van der Waals surface area contributed by atoms with Crippen LogP contribution in [0.1, 0.15) is 24.5 Å². The normalized spacial score (nSPS) is 13.0. The lowest BCUT2D eigenvalue weighted by Gasteiger charge is -2.14. The Bertz CT molecular complexity index is 562. The van der Waals surface area contributed by atoms with Crippen LogP contribution in [0.2, 0.25) is 0 Å². The lowest BCUT2D eigenvalue weighted by Crippen LogP contribution is -2.30. The second kappa shape index (κ2) is 6.06. The number of hydrogen-bond donors (Lipinski definition) is 1. The van der Waals surface area contributed by atoms with Crippen molar-refractivity contribution in [1.82, 2.24) is 0 Å². The van der Waals surface area contributed by atoms with Crippen molar-refractivity contribution in [3.63, 3.8) is 0 Å². The van der Waals surface area contributed by atoms with Gasteiger partial charge in [0.05, 0.1) is 12.9 Å². The highest BCUT2D eigenvalue weighted by Crippen LogP contribution is 2.24. The van der Waals surface area contributed by atoms with Gasteiger partial charge in [0.1, 0.15) is 5.75 Å². The quantitative estimate of drug-likeness (QED) is 0.862. The van der Waals surface area contributed by atoms with Crippen LogP contribution in [0.3, 0.4) is 0 Å². The van der Waals surface area contributed by atoms with Crippen molar-refractivity contribution in [1.29, 1.82) is 0 Å². The molecule has 0 radical (unpaired) electrons. The molecule has 1 atom stereocenters. The highest BCUT2D eigenvalue weighted by molar-refractivity contribution is 7.92. The molecule has 0 heterocycles. The van der Waals surface area contributed by atoms with E-state index in [1.165, 1.54) is 7.11 Å². The second-order valence-corrected chi connectivity index (χ2v) is 6.54. The van der Waals surface area contributed by atoms with Crippen molar-refractivity contribution in [3.05, 3.63) is 29.3 Å². The van der Waals surface area contributed by atoms with Crippen molar-refractivity contribution < 1.29 is 23.1 Å². The molecule has 1 aromatic rings. The predicted molar refractivity (Wildman–Crippen MR) is 72.1 cm³/mol. The number of benzene rings is 1. The van der Waals surface area contributed by atoms with Crippen LogP contribution in [-0.4, -0.2) is 31.9 Å². The Balaban J connectivity index is 3.14. The maximum Gasteiger partial charge on any atom is 0.321 e. The van der Waals surface area contributed by atoms with Crippen molar-refractivity contribution in [2.75, 3.05) is 7.11 Å². The third kappa shape index (κ3) is 3.70. The molecule has 0 fully saturated rings.